The zero-order chi connectivity index (χ0) is 14.2. The van der Waals surface area contributed by atoms with Gasteiger partial charge in [0.05, 0.1) is 0 Å². The number of pyridine rings is 1. The molecule has 0 bridgehead atoms. The molecule has 1 unspecified atom stereocenters. The Kier molecular flexibility index (Phi) is 3.25. The monoisotopic (exact) mass is 285 g/mol. The minimum Gasteiger partial charge on any atom is -0.477 e. The first-order valence-corrected chi connectivity index (χ1v) is 6.91. The average Bonchev–Trinajstić information content (AvgIpc) is 2.71. The summed E-state index contributed by atoms with van der Waals surface area (Å²) >= 11 is 0. The predicted molar refractivity (Wildman–Crippen MR) is 65.1 cm³/mol. The largest absolute Gasteiger partial charge is 0.477 e. The van der Waals surface area contributed by atoms with Crippen LogP contribution in [0.2, 0.25) is 0 Å². The van der Waals surface area contributed by atoms with Crippen molar-refractivity contribution in [2.45, 2.75) is 11.7 Å². The van der Waals surface area contributed by atoms with E-state index in [0.29, 0.717) is 5.69 Å². The van der Waals surface area contributed by atoms with Gasteiger partial charge < -0.3 is 10.0 Å². The molecule has 0 radical (unpaired) electrons. The Balaban J connectivity index is 2.31. The van der Waals surface area contributed by atoms with Crippen molar-refractivity contribution in [3.63, 3.8) is 0 Å². The fourth-order valence-electron chi connectivity index (χ4n) is 1.85. The zero-order valence-electron chi connectivity index (χ0n) is 9.68. The van der Waals surface area contributed by atoms with Crippen LogP contribution in [0.3, 0.4) is 0 Å². The Labute approximate surface area is 108 Å². The molecule has 1 aliphatic heterocycles. The average molecular weight is 285 g/mol. The summed E-state index contributed by atoms with van der Waals surface area (Å²) < 4.78 is 22.4. The molecule has 3 N–H and O–H groups in total. The third-order valence-corrected chi connectivity index (χ3v) is 4.07. The lowest BCUT2D eigenvalue weighted by Crippen LogP contribution is -2.32. The maximum absolute atomic E-state index is 11.8. The number of sulfonamides is 1. The maximum Gasteiger partial charge on any atom is 0.354 e. The van der Waals surface area contributed by atoms with Crippen LogP contribution in [0.5, 0.6) is 0 Å². The summed E-state index contributed by atoms with van der Waals surface area (Å²) in [6, 6.07) is 2.65. The van der Waals surface area contributed by atoms with Crippen LogP contribution in [0.1, 0.15) is 16.9 Å². The summed E-state index contributed by atoms with van der Waals surface area (Å²) in [5.41, 5.74) is 0.0768. The number of nitrogens with zero attached hydrogens (tertiary/aromatic N) is 2. The molecule has 102 valence electrons. The van der Waals surface area contributed by atoms with Crippen molar-refractivity contribution in [3.05, 3.63) is 24.0 Å². The third kappa shape index (κ3) is 2.71. The van der Waals surface area contributed by atoms with E-state index in [2.05, 4.69) is 4.98 Å². The highest BCUT2D eigenvalue weighted by Crippen LogP contribution is 2.24. The van der Waals surface area contributed by atoms with Crippen LogP contribution in [0.25, 0.3) is 0 Å². The van der Waals surface area contributed by atoms with Crippen molar-refractivity contribution in [1.29, 1.82) is 0 Å². The highest BCUT2D eigenvalue weighted by atomic mass is 32.2. The Morgan fingerprint density at radius 3 is 2.74 bits per heavy atom. The van der Waals surface area contributed by atoms with E-state index in [1.165, 1.54) is 23.2 Å². The second-order valence-corrected chi connectivity index (χ2v) is 5.97. The predicted octanol–water partition coefficient (Wildman–Crippen LogP) is -0.826. The molecule has 2 heterocycles. The fraction of sp³-hybridized carbons (Fsp3) is 0.300. The first-order chi connectivity index (χ1) is 8.79. The molecular formula is C10H11N3O5S. The second kappa shape index (κ2) is 4.59. The standard InChI is InChI=1S/C10H11N3O5S/c11-19(17,18)7-4-9(14)13(5-7)6-1-2-12-8(3-6)10(15)16/h1-3,7H,4-5H2,(H,15,16)(H2,11,17,18). The van der Waals surface area contributed by atoms with E-state index in [9.17, 15) is 18.0 Å². The first-order valence-electron chi connectivity index (χ1n) is 5.30. The second-order valence-electron chi connectivity index (χ2n) is 4.12. The number of nitrogens with two attached hydrogens (primary N) is 1. The van der Waals surface area contributed by atoms with Gasteiger partial charge in [0.2, 0.25) is 15.9 Å². The fourth-order valence-corrected chi connectivity index (χ4v) is 2.58. The molecule has 1 aromatic rings. The number of carboxylic acid groups (broad SMARTS) is 1. The van der Waals surface area contributed by atoms with Crippen LogP contribution in [0.15, 0.2) is 18.3 Å². The Bertz CT molecular complexity index is 642. The highest BCUT2D eigenvalue weighted by Gasteiger charge is 2.37. The molecule has 1 amide bonds. The van der Waals surface area contributed by atoms with Gasteiger partial charge in [-0.05, 0) is 12.1 Å². The van der Waals surface area contributed by atoms with E-state index in [-0.39, 0.29) is 18.7 Å². The normalized spacial score (nSPS) is 19.7. The molecule has 1 aromatic heterocycles. The zero-order valence-corrected chi connectivity index (χ0v) is 10.5. The van der Waals surface area contributed by atoms with Crippen LogP contribution >= 0.6 is 0 Å². The highest BCUT2D eigenvalue weighted by molar-refractivity contribution is 7.89. The number of hydrogen-bond acceptors (Lipinski definition) is 5. The van der Waals surface area contributed by atoms with Crippen LogP contribution in [0, 0.1) is 0 Å². The smallest absolute Gasteiger partial charge is 0.354 e. The summed E-state index contributed by atoms with van der Waals surface area (Å²) in [6.07, 6.45) is 1.04. The van der Waals surface area contributed by atoms with Gasteiger partial charge in [0, 0.05) is 24.8 Å². The third-order valence-electron chi connectivity index (χ3n) is 2.83. The number of rotatable bonds is 3. The van der Waals surface area contributed by atoms with Gasteiger partial charge in [-0.3, -0.25) is 4.79 Å². The summed E-state index contributed by atoms with van der Waals surface area (Å²) in [4.78, 5) is 27.4. The Morgan fingerprint density at radius 2 is 2.21 bits per heavy atom. The molecule has 1 atom stereocenters. The van der Waals surface area contributed by atoms with Crippen molar-refractivity contribution >= 4 is 27.6 Å². The lowest BCUT2D eigenvalue weighted by molar-refractivity contribution is -0.117. The number of carbonyl (C=O) groups is 2. The Morgan fingerprint density at radius 1 is 1.53 bits per heavy atom. The minimum absolute atomic E-state index is 0.0826. The van der Waals surface area contributed by atoms with Crippen molar-refractivity contribution in [1.82, 2.24) is 4.98 Å². The summed E-state index contributed by atoms with van der Waals surface area (Å²) in [5, 5.41) is 12.9. The number of anilines is 1. The van der Waals surface area contributed by atoms with Gasteiger partial charge in [-0.15, -0.1) is 0 Å². The number of hydrogen-bond donors (Lipinski definition) is 2. The van der Waals surface area contributed by atoms with Gasteiger partial charge in [0.15, 0.2) is 0 Å². The molecule has 9 heteroatoms. The summed E-state index contributed by atoms with van der Waals surface area (Å²) in [6.45, 7) is -0.0826. The number of aromatic carboxylic acids is 1. The van der Waals surface area contributed by atoms with Crippen molar-refractivity contribution in [3.8, 4) is 0 Å². The van der Waals surface area contributed by atoms with Crippen LogP contribution in [-0.2, 0) is 14.8 Å². The minimum atomic E-state index is -3.80. The molecule has 19 heavy (non-hydrogen) atoms. The topological polar surface area (TPSA) is 131 Å². The van der Waals surface area contributed by atoms with E-state index in [1.54, 1.807) is 0 Å². The van der Waals surface area contributed by atoms with E-state index >= 15 is 0 Å². The first kappa shape index (κ1) is 13.4. The van der Waals surface area contributed by atoms with Gasteiger partial charge in [-0.2, -0.15) is 0 Å². The van der Waals surface area contributed by atoms with Gasteiger partial charge in [0.25, 0.3) is 0 Å². The van der Waals surface area contributed by atoms with E-state index in [0.717, 1.165) is 0 Å². The van der Waals surface area contributed by atoms with E-state index in [4.69, 9.17) is 10.2 Å². The quantitative estimate of drug-likeness (QED) is 0.745. The van der Waals surface area contributed by atoms with Crippen molar-refractivity contribution in [2.75, 3.05) is 11.4 Å². The molecule has 0 spiro atoms. The molecule has 0 saturated carbocycles. The molecule has 0 aromatic carbocycles. The van der Waals surface area contributed by atoms with Gasteiger partial charge in [0.1, 0.15) is 10.9 Å². The van der Waals surface area contributed by atoms with Crippen LogP contribution in [0.4, 0.5) is 5.69 Å². The van der Waals surface area contributed by atoms with Crippen molar-refractivity contribution < 1.29 is 23.1 Å². The lowest BCUT2D eigenvalue weighted by atomic mass is 10.3. The van der Waals surface area contributed by atoms with Gasteiger partial charge >= 0.3 is 5.97 Å². The number of amides is 1. The maximum atomic E-state index is 11.8. The van der Waals surface area contributed by atoms with Gasteiger partial charge in [-0.25, -0.2) is 23.3 Å². The van der Waals surface area contributed by atoms with E-state index < -0.39 is 27.1 Å². The van der Waals surface area contributed by atoms with Crippen LogP contribution < -0.4 is 10.0 Å². The Hall–Kier alpha value is -2.00. The molecule has 8 nitrogen and oxygen atoms in total. The number of aromatic nitrogens is 1. The SMILES string of the molecule is NS(=O)(=O)C1CC(=O)N(c2ccnc(C(=O)O)c2)C1. The molecular weight excluding hydrogens is 274 g/mol. The molecule has 1 saturated heterocycles. The molecule has 1 aliphatic rings. The summed E-state index contributed by atoms with van der Waals surface area (Å²) in [7, 11) is -3.80. The summed E-state index contributed by atoms with van der Waals surface area (Å²) in [5.74, 6) is -1.64. The number of primary sulfonamides is 1. The molecule has 0 aliphatic carbocycles. The number of carbonyl (C=O) groups excluding carboxylic acids is 1. The van der Waals surface area contributed by atoms with Crippen molar-refractivity contribution in [2.24, 2.45) is 5.14 Å². The lowest BCUT2D eigenvalue weighted by Gasteiger charge is -2.16. The van der Waals surface area contributed by atoms with Crippen LogP contribution in [-0.4, -0.2) is 42.2 Å². The van der Waals surface area contributed by atoms with Gasteiger partial charge in [-0.1, -0.05) is 0 Å². The van der Waals surface area contributed by atoms with E-state index in [1.807, 2.05) is 0 Å². The molecule has 2 rings (SSSR count). The number of carboxylic acids is 1. The molecule has 1 fully saturated rings.